The predicted molar refractivity (Wildman–Crippen MR) is 70.9 cm³/mol. The van der Waals surface area contributed by atoms with Crippen LogP contribution in [-0.4, -0.2) is 23.5 Å². The van der Waals surface area contributed by atoms with Gasteiger partial charge in [0.05, 0.1) is 5.01 Å². The first-order valence-corrected chi connectivity index (χ1v) is 6.68. The van der Waals surface area contributed by atoms with Gasteiger partial charge in [-0.25, -0.2) is 4.98 Å². The Kier molecular flexibility index (Phi) is 5.08. The number of hydrogen-bond donors (Lipinski definition) is 2. The van der Waals surface area contributed by atoms with Gasteiger partial charge >= 0.3 is 0 Å². The maximum Gasteiger partial charge on any atom is 0.221 e. The maximum absolute atomic E-state index is 11.6. The van der Waals surface area contributed by atoms with Crippen molar-refractivity contribution in [2.24, 2.45) is 11.1 Å². The van der Waals surface area contributed by atoms with Crippen molar-refractivity contribution in [1.82, 2.24) is 10.3 Å². The smallest absolute Gasteiger partial charge is 0.221 e. The summed E-state index contributed by atoms with van der Waals surface area (Å²) in [5, 5.41) is 5.86. The Hall–Kier alpha value is -0.940. The summed E-state index contributed by atoms with van der Waals surface area (Å²) in [7, 11) is 0. The van der Waals surface area contributed by atoms with E-state index >= 15 is 0 Å². The van der Waals surface area contributed by atoms with Gasteiger partial charge < -0.3 is 11.1 Å². The monoisotopic (exact) mass is 255 g/mol. The molecule has 1 aromatic heterocycles. The minimum atomic E-state index is -0.109. The zero-order valence-corrected chi connectivity index (χ0v) is 11.5. The summed E-state index contributed by atoms with van der Waals surface area (Å²) in [5.74, 6) is 0.0176. The van der Waals surface area contributed by atoms with Crippen molar-refractivity contribution in [3.63, 3.8) is 0 Å². The molecule has 1 heterocycles. The van der Waals surface area contributed by atoms with E-state index in [9.17, 15) is 4.79 Å². The van der Waals surface area contributed by atoms with Crippen molar-refractivity contribution in [3.05, 3.63) is 16.6 Å². The van der Waals surface area contributed by atoms with Crippen LogP contribution < -0.4 is 11.1 Å². The van der Waals surface area contributed by atoms with Crippen molar-refractivity contribution in [2.45, 2.75) is 39.7 Å². The van der Waals surface area contributed by atoms with E-state index in [1.165, 1.54) is 0 Å². The molecular formula is C12H21N3OS. The van der Waals surface area contributed by atoms with Crippen LogP contribution in [0.5, 0.6) is 0 Å². The average molecular weight is 255 g/mol. The summed E-state index contributed by atoms with van der Waals surface area (Å²) in [5.41, 5.74) is 5.91. The van der Waals surface area contributed by atoms with Gasteiger partial charge in [-0.1, -0.05) is 20.8 Å². The fourth-order valence-electron chi connectivity index (χ4n) is 1.26. The van der Waals surface area contributed by atoms with E-state index < -0.39 is 0 Å². The maximum atomic E-state index is 11.6. The summed E-state index contributed by atoms with van der Waals surface area (Å²) >= 11 is 1.61. The lowest BCUT2D eigenvalue weighted by molar-refractivity contribution is -0.121. The molecule has 5 heteroatoms. The topological polar surface area (TPSA) is 68.0 Å². The number of nitrogens with one attached hydrogen (secondary N) is 1. The molecule has 4 nitrogen and oxygen atoms in total. The molecular weight excluding hydrogens is 234 g/mol. The fraction of sp³-hybridized carbons (Fsp3) is 0.667. The lowest BCUT2D eigenvalue weighted by Gasteiger charge is -2.26. The second-order valence-electron chi connectivity index (χ2n) is 5.20. The third kappa shape index (κ3) is 5.28. The highest BCUT2D eigenvalue weighted by molar-refractivity contribution is 7.09. The molecule has 1 unspecified atom stereocenters. The Balaban J connectivity index is 2.22. The Morgan fingerprint density at radius 3 is 2.82 bits per heavy atom. The summed E-state index contributed by atoms with van der Waals surface area (Å²) in [6, 6.07) is -0.109. The van der Waals surface area contributed by atoms with Gasteiger partial charge in [-0.2, -0.15) is 0 Å². The van der Waals surface area contributed by atoms with Crippen LogP contribution in [0.3, 0.4) is 0 Å². The fourth-order valence-corrected chi connectivity index (χ4v) is 1.88. The molecule has 3 N–H and O–H groups in total. The van der Waals surface area contributed by atoms with E-state index in [0.29, 0.717) is 13.0 Å². The Bertz CT molecular complexity index is 343. The molecule has 1 amide bonds. The van der Waals surface area contributed by atoms with Gasteiger partial charge in [-0.15, -0.1) is 11.3 Å². The zero-order chi connectivity index (χ0) is 12.9. The number of carbonyl (C=O) groups is 1. The largest absolute Gasteiger partial charge is 0.356 e. The zero-order valence-electron chi connectivity index (χ0n) is 10.7. The first kappa shape index (κ1) is 14.1. The molecule has 0 aliphatic carbocycles. The van der Waals surface area contributed by atoms with Gasteiger partial charge in [0, 0.05) is 37.0 Å². The lowest BCUT2D eigenvalue weighted by atomic mass is 9.85. The number of nitrogens with two attached hydrogens (primary N) is 1. The molecule has 1 aromatic rings. The average Bonchev–Trinajstić information content (AvgIpc) is 2.69. The van der Waals surface area contributed by atoms with Crippen LogP contribution in [0.15, 0.2) is 11.6 Å². The molecule has 1 atom stereocenters. The SMILES string of the molecule is CC(C)(C)C(N)CC(=O)NCCc1nccs1. The van der Waals surface area contributed by atoms with Gasteiger partial charge in [0.1, 0.15) is 0 Å². The summed E-state index contributed by atoms with van der Waals surface area (Å²) in [6.45, 7) is 6.75. The quantitative estimate of drug-likeness (QED) is 0.839. The molecule has 96 valence electrons. The van der Waals surface area contributed by atoms with Crippen molar-refractivity contribution in [3.8, 4) is 0 Å². The van der Waals surface area contributed by atoms with Crippen LogP contribution >= 0.6 is 11.3 Å². The second-order valence-corrected chi connectivity index (χ2v) is 6.18. The molecule has 0 spiro atoms. The van der Waals surface area contributed by atoms with E-state index in [2.05, 4.69) is 10.3 Å². The van der Waals surface area contributed by atoms with Crippen LogP contribution in [0, 0.1) is 5.41 Å². The number of nitrogens with zero attached hydrogens (tertiary/aromatic N) is 1. The van der Waals surface area contributed by atoms with Crippen LogP contribution in [-0.2, 0) is 11.2 Å². The molecule has 17 heavy (non-hydrogen) atoms. The van der Waals surface area contributed by atoms with Crippen LogP contribution in [0.2, 0.25) is 0 Å². The van der Waals surface area contributed by atoms with E-state index in [4.69, 9.17) is 5.73 Å². The predicted octanol–water partition coefficient (Wildman–Crippen LogP) is 1.57. The van der Waals surface area contributed by atoms with Crippen LogP contribution in [0.4, 0.5) is 0 Å². The van der Waals surface area contributed by atoms with E-state index in [1.807, 2.05) is 26.2 Å². The first-order chi connectivity index (χ1) is 7.89. The van der Waals surface area contributed by atoms with Crippen molar-refractivity contribution >= 4 is 17.2 Å². The first-order valence-electron chi connectivity index (χ1n) is 5.80. The third-order valence-corrected chi connectivity index (χ3v) is 3.50. The van der Waals surface area contributed by atoms with Crippen molar-refractivity contribution < 1.29 is 4.79 Å². The van der Waals surface area contributed by atoms with Gasteiger partial charge in [0.25, 0.3) is 0 Å². The molecule has 0 aliphatic rings. The highest BCUT2D eigenvalue weighted by atomic mass is 32.1. The number of carbonyl (C=O) groups excluding carboxylic acids is 1. The van der Waals surface area contributed by atoms with Crippen molar-refractivity contribution in [1.29, 1.82) is 0 Å². The summed E-state index contributed by atoms with van der Waals surface area (Å²) in [6.07, 6.45) is 2.94. The number of thiazole rings is 1. The summed E-state index contributed by atoms with van der Waals surface area (Å²) in [4.78, 5) is 15.8. The van der Waals surface area contributed by atoms with E-state index in [-0.39, 0.29) is 17.4 Å². The lowest BCUT2D eigenvalue weighted by Crippen LogP contribution is -2.40. The number of hydrogen-bond acceptors (Lipinski definition) is 4. The number of aromatic nitrogens is 1. The second kappa shape index (κ2) is 6.12. The third-order valence-electron chi connectivity index (χ3n) is 2.66. The Morgan fingerprint density at radius 2 is 2.29 bits per heavy atom. The Morgan fingerprint density at radius 1 is 1.59 bits per heavy atom. The Labute approximate surface area is 107 Å². The van der Waals surface area contributed by atoms with Gasteiger partial charge in [-0.05, 0) is 5.41 Å². The van der Waals surface area contributed by atoms with Gasteiger partial charge in [-0.3, -0.25) is 4.79 Å². The van der Waals surface area contributed by atoms with Crippen molar-refractivity contribution in [2.75, 3.05) is 6.54 Å². The van der Waals surface area contributed by atoms with E-state index in [1.54, 1.807) is 17.5 Å². The van der Waals surface area contributed by atoms with E-state index in [0.717, 1.165) is 11.4 Å². The van der Waals surface area contributed by atoms with Gasteiger partial charge in [0.2, 0.25) is 5.91 Å². The number of rotatable bonds is 5. The molecule has 0 fully saturated rings. The number of amides is 1. The van der Waals surface area contributed by atoms with Crippen LogP contribution in [0.25, 0.3) is 0 Å². The highest BCUT2D eigenvalue weighted by Crippen LogP contribution is 2.19. The molecule has 0 bridgehead atoms. The summed E-state index contributed by atoms with van der Waals surface area (Å²) < 4.78 is 0. The molecule has 0 radical (unpaired) electrons. The highest BCUT2D eigenvalue weighted by Gasteiger charge is 2.22. The molecule has 0 saturated heterocycles. The molecule has 0 saturated carbocycles. The minimum Gasteiger partial charge on any atom is -0.356 e. The molecule has 0 aliphatic heterocycles. The molecule has 1 rings (SSSR count). The standard InChI is InChI=1S/C12H21N3OS/c1-12(2,3)9(13)8-10(16)14-5-4-11-15-6-7-17-11/h6-7,9H,4-5,8,13H2,1-3H3,(H,14,16). The normalized spacial score (nSPS) is 13.4. The minimum absolute atomic E-state index is 0.0176. The van der Waals surface area contributed by atoms with Crippen LogP contribution in [0.1, 0.15) is 32.2 Å². The molecule has 0 aromatic carbocycles. The van der Waals surface area contributed by atoms with Gasteiger partial charge in [0.15, 0.2) is 0 Å².